The highest BCUT2D eigenvalue weighted by atomic mass is 32.2. The van der Waals surface area contributed by atoms with Crippen molar-refractivity contribution < 1.29 is 8.42 Å². The topological polar surface area (TPSA) is 58.2 Å². The van der Waals surface area contributed by atoms with Gasteiger partial charge in [0.25, 0.3) is 0 Å². The minimum Gasteiger partial charge on any atom is -0.319 e. The Morgan fingerprint density at radius 2 is 2.07 bits per heavy atom. The highest BCUT2D eigenvalue weighted by molar-refractivity contribution is 7.89. The highest BCUT2D eigenvalue weighted by Gasteiger charge is 2.22. The van der Waals surface area contributed by atoms with Crippen molar-refractivity contribution in [2.24, 2.45) is 11.8 Å². The van der Waals surface area contributed by atoms with Gasteiger partial charge in [-0.15, -0.1) is 0 Å². The molecule has 0 aliphatic heterocycles. The molecule has 0 aromatic heterocycles. The molecule has 15 heavy (non-hydrogen) atoms. The maximum atomic E-state index is 11.5. The maximum absolute atomic E-state index is 11.5. The Morgan fingerprint density at radius 1 is 1.33 bits per heavy atom. The Kier molecular flexibility index (Phi) is 5.02. The fourth-order valence-corrected chi connectivity index (χ4v) is 3.17. The van der Waals surface area contributed by atoms with E-state index in [2.05, 4.69) is 17.0 Å². The molecule has 0 radical (unpaired) electrons. The van der Waals surface area contributed by atoms with E-state index in [0.717, 1.165) is 18.8 Å². The lowest BCUT2D eigenvalue weighted by molar-refractivity contribution is 0.498. The molecule has 0 heterocycles. The molecule has 2 atom stereocenters. The fraction of sp³-hybridized carbons (Fsp3) is 1.00. The lowest BCUT2D eigenvalue weighted by Crippen LogP contribution is -2.33. The summed E-state index contributed by atoms with van der Waals surface area (Å²) in [6.07, 6.45) is 3.56. The van der Waals surface area contributed by atoms with E-state index >= 15 is 0 Å². The van der Waals surface area contributed by atoms with Gasteiger partial charge in [-0.05, 0) is 31.7 Å². The molecule has 1 aliphatic rings. The van der Waals surface area contributed by atoms with Gasteiger partial charge in [0.2, 0.25) is 10.0 Å². The van der Waals surface area contributed by atoms with E-state index in [4.69, 9.17) is 0 Å². The molecule has 1 saturated carbocycles. The largest absolute Gasteiger partial charge is 0.319 e. The summed E-state index contributed by atoms with van der Waals surface area (Å²) < 4.78 is 25.6. The van der Waals surface area contributed by atoms with Crippen LogP contribution >= 0.6 is 0 Å². The SMILES string of the molecule is CNCCS(=O)(=O)NCC1CCC(C)C1. The first-order valence-corrected chi connectivity index (χ1v) is 7.30. The number of rotatable bonds is 6. The van der Waals surface area contributed by atoms with E-state index < -0.39 is 10.0 Å². The summed E-state index contributed by atoms with van der Waals surface area (Å²) in [6.45, 7) is 3.36. The Hall–Kier alpha value is -0.130. The molecule has 5 heteroatoms. The van der Waals surface area contributed by atoms with Gasteiger partial charge in [0.15, 0.2) is 0 Å². The summed E-state index contributed by atoms with van der Waals surface area (Å²) in [6, 6.07) is 0. The molecule has 0 spiro atoms. The molecule has 1 fully saturated rings. The van der Waals surface area contributed by atoms with Crippen LogP contribution in [0, 0.1) is 11.8 Å². The van der Waals surface area contributed by atoms with E-state index in [0.29, 0.717) is 19.0 Å². The molecule has 0 amide bonds. The number of nitrogens with one attached hydrogen (secondary N) is 2. The first kappa shape index (κ1) is 12.9. The third-order valence-electron chi connectivity index (χ3n) is 3.02. The summed E-state index contributed by atoms with van der Waals surface area (Å²) >= 11 is 0. The lowest BCUT2D eigenvalue weighted by Gasteiger charge is -2.11. The van der Waals surface area contributed by atoms with Crippen molar-refractivity contribution in [1.29, 1.82) is 0 Å². The van der Waals surface area contributed by atoms with Crippen LogP contribution in [-0.2, 0) is 10.0 Å². The van der Waals surface area contributed by atoms with Crippen LogP contribution in [0.4, 0.5) is 0 Å². The monoisotopic (exact) mass is 234 g/mol. The molecule has 4 nitrogen and oxygen atoms in total. The lowest BCUT2D eigenvalue weighted by atomic mass is 10.1. The summed E-state index contributed by atoms with van der Waals surface area (Å²) in [5.41, 5.74) is 0. The molecule has 1 aliphatic carbocycles. The van der Waals surface area contributed by atoms with Gasteiger partial charge in [-0.3, -0.25) is 0 Å². The number of hydrogen-bond donors (Lipinski definition) is 2. The van der Waals surface area contributed by atoms with Crippen LogP contribution in [0.15, 0.2) is 0 Å². The Morgan fingerprint density at radius 3 is 2.60 bits per heavy atom. The summed E-state index contributed by atoms with van der Waals surface area (Å²) in [7, 11) is -1.30. The third-order valence-corrected chi connectivity index (χ3v) is 4.36. The van der Waals surface area contributed by atoms with E-state index in [1.54, 1.807) is 7.05 Å². The van der Waals surface area contributed by atoms with Crippen molar-refractivity contribution >= 4 is 10.0 Å². The van der Waals surface area contributed by atoms with Crippen LogP contribution in [-0.4, -0.2) is 34.3 Å². The van der Waals surface area contributed by atoms with E-state index in [9.17, 15) is 8.42 Å². The molecule has 0 aromatic carbocycles. The highest BCUT2D eigenvalue weighted by Crippen LogP contribution is 2.29. The first-order chi connectivity index (χ1) is 7.03. The molecule has 0 saturated heterocycles. The third kappa shape index (κ3) is 4.95. The van der Waals surface area contributed by atoms with Crippen molar-refractivity contribution in [2.75, 3.05) is 25.9 Å². The van der Waals surface area contributed by atoms with Crippen LogP contribution in [0.5, 0.6) is 0 Å². The smallest absolute Gasteiger partial charge is 0.212 e. The first-order valence-electron chi connectivity index (χ1n) is 5.65. The second kappa shape index (κ2) is 5.82. The minimum absolute atomic E-state index is 0.172. The molecule has 2 N–H and O–H groups in total. The van der Waals surface area contributed by atoms with E-state index in [1.807, 2.05) is 0 Å². The predicted octanol–water partition coefficient (Wildman–Crippen LogP) is 0.561. The van der Waals surface area contributed by atoms with Crippen LogP contribution < -0.4 is 10.0 Å². The van der Waals surface area contributed by atoms with Crippen LogP contribution in [0.1, 0.15) is 26.2 Å². The Labute approximate surface area is 92.9 Å². The van der Waals surface area contributed by atoms with Gasteiger partial charge >= 0.3 is 0 Å². The van der Waals surface area contributed by atoms with Crippen molar-refractivity contribution in [3.05, 3.63) is 0 Å². The second-order valence-corrected chi connectivity index (χ2v) is 6.48. The van der Waals surface area contributed by atoms with Crippen LogP contribution in [0.2, 0.25) is 0 Å². The van der Waals surface area contributed by atoms with Gasteiger partial charge in [0, 0.05) is 13.1 Å². The van der Waals surface area contributed by atoms with Crippen molar-refractivity contribution in [3.8, 4) is 0 Å². The van der Waals surface area contributed by atoms with Crippen molar-refractivity contribution in [2.45, 2.75) is 26.2 Å². The molecule has 1 rings (SSSR count). The van der Waals surface area contributed by atoms with Gasteiger partial charge in [0.05, 0.1) is 5.75 Å². The Bertz CT molecular complexity index is 277. The molecular weight excluding hydrogens is 212 g/mol. The van der Waals surface area contributed by atoms with Crippen molar-refractivity contribution in [3.63, 3.8) is 0 Å². The van der Waals surface area contributed by atoms with Crippen LogP contribution in [0.3, 0.4) is 0 Å². The average Bonchev–Trinajstić information content (AvgIpc) is 2.59. The zero-order chi connectivity index (χ0) is 11.3. The van der Waals surface area contributed by atoms with Gasteiger partial charge < -0.3 is 5.32 Å². The van der Waals surface area contributed by atoms with Crippen molar-refractivity contribution in [1.82, 2.24) is 10.0 Å². The number of sulfonamides is 1. The zero-order valence-electron chi connectivity index (χ0n) is 9.62. The molecular formula is C10H22N2O2S. The fourth-order valence-electron chi connectivity index (χ4n) is 2.06. The quantitative estimate of drug-likeness (QED) is 0.706. The molecule has 0 bridgehead atoms. The number of hydrogen-bond acceptors (Lipinski definition) is 3. The van der Waals surface area contributed by atoms with E-state index in [-0.39, 0.29) is 5.75 Å². The van der Waals surface area contributed by atoms with Gasteiger partial charge in [0.1, 0.15) is 0 Å². The zero-order valence-corrected chi connectivity index (χ0v) is 10.4. The van der Waals surface area contributed by atoms with Gasteiger partial charge in [-0.2, -0.15) is 0 Å². The van der Waals surface area contributed by atoms with Crippen LogP contribution in [0.25, 0.3) is 0 Å². The second-order valence-electron chi connectivity index (χ2n) is 4.56. The van der Waals surface area contributed by atoms with Gasteiger partial charge in [-0.25, -0.2) is 13.1 Å². The van der Waals surface area contributed by atoms with Gasteiger partial charge in [-0.1, -0.05) is 13.3 Å². The standard InChI is InChI=1S/C10H22N2O2S/c1-9-3-4-10(7-9)8-12-15(13,14)6-5-11-2/h9-12H,3-8H2,1-2H3. The molecule has 0 aromatic rings. The Balaban J connectivity index is 2.24. The minimum atomic E-state index is -3.06. The summed E-state index contributed by atoms with van der Waals surface area (Å²) in [5, 5.41) is 2.84. The normalized spacial score (nSPS) is 27.1. The summed E-state index contributed by atoms with van der Waals surface area (Å²) in [5.74, 6) is 1.48. The maximum Gasteiger partial charge on any atom is 0.212 e. The predicted molar refractivity (Wildman–Crippen MR) is 62.2 cm³/mol. The van der Waals surface area contributed by atoms with E-state index in [1.165, 1.54) is 6.42 Å². The summed E-state index contributed by atoms with van der Waals surface area (Å²) in [4.78, 5) is 0. The average molecular weight is 234 g/mol. The molecule has 2 unspecified atom stereocenters. The molecule has 90 valence electrons.